The van der Waals surface area contributed by atoms with E-state index in [9.17, 15) is 4.79 Å². The van der Waals surface area contributed by atoms with Crippen molar-refractivity contribution in [2.75, 3.05) is 11.9 Å². The molecule has 0 unspecified atom stereocenters. The molecule has 0 saturated carbocycles. The van der Waals surface area contributed by atoms with Crippen LogP contribution >= 0.6 is 0 Å². The lowest BCUT2D eigenvalue weighted by molar-refractivity contribution is -0.118. The normalized spacial score (nSPS) is 10.6. The minimum Gasteiger partial charge on any atom is -0.482 e. The molecule has 0 aliphatic heterocycles. The number of furan rings is 1. The fraction of sp³-hybridized carbons (Fsp3) is 0.0476. The first-order chi connectivity index (χ1) is 12.7. The summed E-state index contributed by atoms with van der Waals surface area (Å²) in [5.74, 6) is 0.0892. The number of rotatable bonds is 4. The topological polar surface area (TPSA) is 75.3 Å². The van der Waals surface area contributed by atoms with Gasteiger partial charge in [0.2, 0.25) is 0 Å². The monoisotopic (exact) mass is 342 g/mol. The number of hydrogen-bond donors (Lipinski definition) is 1. The van der Waals surface area contributed by atoms with Gasteiger partial charge in [0.05, 0.1) is 5.56 Å². The molecule has 3 aromatic carbocycles. The molecule has 0 saturated heterocycles. The van der Waals surface area contributed by atoms with E-state index in [1.165, 1.54) is 0 Å². The Morgan fingerprint density at radius 1 is 1.00 bits per heavy atom. The molecular formula is C21H14N2O3. The van der Waals surface area contributed by atoms with Crippen LogP contribution in [0.5, 0.6) is 5.75 Å². The van der Waals surface area contributed by atoms with Crippen molar-refractivity contribution in [1.29, 1.82) is 5.26 Å². The van der Waals surface area contributed by atoms with Crippen molar-refractivity contribution in [1.82, 2.24) is 0 Å². The standard InChI is InChI=1S/C21H14N2O3/c22-12-14-5-1-3-7-18(14)25-13-21(24)23-15-9-10-20-17(11-15)16-6-2-4-8-19(16)26-20/h1-11H,13H2,(H,23,24). The van der Waals surface area contributed by atoms with Crippen LogP contribution in [0, 0.1) is 11.3 Å². The number of hydrogen-bond acceptors (Lipinski definition) is 4. The Bertz CT molecular complexity index is 1150. The van der Waals surface area contributed by atoms with Gasteiger partial charge in [-0.15, -0.1) is 0 Å². The van der Waals surface area contributed by atoms with Crippen molar-refractivity contribution in [3.8, 4) is 11.8 Å². The quantitative estimate of drug-likeness (QED) is 0.593. The van der Waals surface area contributed by atoms with Crippen LogP contribution in [0.25, 0.3) is 21.9 Å². The van der Waals surface area contributed by atoms with Gasteiger partial charge in [0.1, 0.15) is 23.0 Å². The molecule has 0 fully saturated rings. The summed E-state index contributed by atoms with van der Waals surface area (Å²) in [6.07, 6.45) is 0. The van der Waals surface area contributed by atoms with Crippen LogP contribution in [0.4, 0.5) is 5.69 Å². The van der Waals surface area contributed by atoms with Gasteiger partial charge in [0, 0.05) is 16.5 Å². The molecule has 0 aliphatic carbocycles. The zero-order chi connectivity index (χ0) is 17.9. The van der Waals surface area contributed by atoms with E-state index in [-0.39, 0.29) is 12.5 Å². The maximum Gasteiger partial charge on any atom is 0.262 e. The largest absolute Gasteiger partial charge is 0.482 e. The van der Waals surface area contributed by atoms with E-state index in [1.807, 2.05) is 42.5 Å². The van der Waals surface area contributed by atoms with Gasteiger partial charge in [-0.3, -0.25) is 4.79 Å². The summed E-state index contributed by atoms with van der Waals surface area (Å²) in [5.41, 5.74) is 2.63. The summed E-state index contributed by atoms with van der Waals surface area (Å²) < 4.78 is 11.2. The van der Waals surface area contributed by atoms with Crippen molar-refractivity contribution < 1.29 is 13.9 Å². The molecule has 126 valence electrons. The van der Waals surface area contributed by atoms with Crippen LogP contribution in [0.1, 0.15) is 5.56 Å². The highest BCUT2D eigenvalue weighted by Crippen LogP contribution is 2.30. The lowest BCUT2D eigenvalue weighted by atomic mass is 10.1. The maximum absolute atomic E-state index is 12.2. The second-order valence-corrected chi connectivity index (χ2v) is 5.75. The molecule has 0 aliphatic rings. The molecule has 0 bridgehead atoms. The van der Waals surface area contributed by atoms with Gasteiger partial charge in [0.15, 0.2) is 6.61 Å². The van der Waals surface area contributed by atoms with Crippen molar-refractivity contribution in [3.63, 3.8) is 0 Å². The van der Waals surface area contributed by atoms with E-state index < -0.39 is 0 Å². The minimum absolute atomic E-state index is 0.178. The minimum atomic E-state index is -0.301. The van der Waals surface area contributed by atoms with Gasteiger partial charge in [0.25, 0.3) is 5.91 Å². The van der Waals surface area contributed by atoms with Crippen LogP contribution in [0.2, 0.25) is 0 Å². The molecule has 4 aromatic rings. The summed E-state index contributed by atoms with van der Waals surface area (Å²) in [7, 11) is 0. The second kappa shape index (κ2) is 6.61. The molecule has 1 heterocycles. The van der Waals surface area contributed by atoms with Gasteiger partial charge in [-0.2, -0.15) is 5.26 Å². The highest BCUT2D eigenvalue weighted by Gasteiger charge is 2.10. The number of benzene rings is 3. The Morgan fingerprint density at radius 3 is 2.65 bits per heavy atom. The zero-order valence-electron chi connectivity index (χ0n) is 13.7. The fourth-order valence-electron chi connectivity index (χ4n) is 2.83. The van der Waals surface area contributed by atoms with E-state index >= 15 is 0 Å². The molecule has 0 spiro atoms. The lowest BCUT2D eigenvalue weighted by Crippen LogP contribution is -2.20. The van der Waals surface area contributed by atoms with Gasteiger partial charge in [-0.05, 0) is 36.4 Å². The second-order valence-electron chi connectivity index (χ2n) is 5.75. The summed E-state index contributed by atoms with van der Waals surface area (Å²) in [6.45, 7) is -0.178. The number of anilines is 1. The smallest absolute Gasteiger partial charge is 0.262 e. The van der Waals surface area contributed by atoms with Crippen LogP contribution in [0.15, 0.2) is 71.1 Å². The first-order valence-electron chi connectivity index (χ1n) is 8.08. The van der Waals surface area contributed by atoms with E-state index in [2.05, 4.69) is 5.32 Å². The zero-order valence-corrected chi connectivity index (χ0v) is 13.7. The van der Waals surface area contributed by atoms with Gasteiger partial charge < -0.3 is 14.5 Å². The Labute approximate surface area is 149 Å². The molecular weight excluding hydrogens is 328 g/mol. The van der Waals surface area contributed by atoms with Crippen LogP contribution in [-0.4, -0.2) is 12.5 Å². The molecule has 4 rings (SSSR count). The van der Waals surface area contributed by atoms with E-state index in [0.29, 0.717) is 17.0 Å². The number of nitrogens with zero attached hydrogens (tertiary/aromatic N) is 1. The Balaban J connectivity index is 1.51. The number of nitriles is 1. The first-order valence-corrected chi connectivity index (χ1v) is 8.08. The molecule has 0 atom stereocenters. The predicted molar refractivity (Wildman–Crippen MR) is 99.0 cm³/mol. The summed E-state index contributed by atoms with van der Waals surface area (Å²) >= 11 is 0. The van der Waals surface area contributed by atoms with E-state index in [1.54, 1.807) is 30.3 Å². The summed E-state index contributed by atoms with van der Waals surface area (Å²) in [5, 5.41) is 13.8. The van der Waals surface area contributed by atoms with Crippen LogP contribution in [-0.2, 0) is 4.79 Å². The molecule has 1 amide bonds. The van der Waals surface area contributed by atoms with Gasteiger partial charge in [-0.1, -0.05) is 30.3 Å². The van der Waals surface area contributed by atoms with Gasteiger partial charge >= 0.3 is 0 Å². The third-order valence-electron chi connectivity index (χ3n) is 4.03. The highest BCUT2D eigenvalue weighted by atomic mass is 16.5. The van der Waals surface area contributed by atoms with Gasteiger partial charge in [-0.25, -0.2) is 0 Å². The lowest BCUT2D eigenvalue weighted by Gasteiger charge is -2.08. The molecule has 0 radical (unpaired) electrons. The number of carbonyl (C=O) groups is 1. The Kier molecular flexibility index (Phi) is 4.00. The van der Waals surface area contributed by atoms with Crippen LogP contribution in [0.3, 0.4) is 0 Å². The number of para-hydroxylation sites is 2. The number of fused-ring (bicyclic) bond motifs is 3. The Morgan fingerprint density at radius 2 is 1.77 bits per heavy atom. The van der Waals surface area contributed by atoms with Crippen molar-refractivity contribution in [2.24, 2.45) is 0 Å². The third kappa shape index (κ3) is 2.96. The van der Waals surface area contributed by atoms with Crippen molar-refractivity contribution >= 4 is 33.5 Å². The summed E-state index contributed by atoms with van der Waals surface area (Å²) in [4.78, 5) is 12.2. The van der Waals surface area contributed by atoms with E-state index in [4.69, 9.17) is 14.4 Å². The maximum atomic E-state index is 12.2. The average molecular weight is 342 g/mol. The molecule has 5 nitrogen and oxygen atoms in total. The van der Waals surface area contributed by atoms with Crippen molar-refractivity contribution in [2.45, 2.75) is 0 Å². The number of carbonyl (C=O) groups excluding carboxylic acids is 1. The van der Waals surface area contributed by atoms with Crippen molar-refractivity contribution in [3.05, 3.63) is 72.3 Å². The van der Waals surface area contributed by atoms with E-state index in [0.717, 1.165) is 21.9 Å². The third-order valence-corrected chi connectivity index (χ3v) is 4.03. The SMILES string of the molecule is N#Cc1ccccc1OCC(=O)Nc1ccc2oc3ccccc3c2c1. The predicted octanol–water partition coefficient (Wildman–Crippen LogP) is 4.48. The first kappa shape index (κ1) is 15.7. The molecule has 1 N–H and O–H groups in total. The molecule has 5 heteroatoms. The summed E-state index contributed by atoms with van der Waals surface area (Å²) in [6, 6.07) is 22.1. The average Bonchev–Trinajstić information content (AvgIpc) is 3.04. The number of ether oxygens (including phenoxy) is 1. The van der Waals surface area contributed by atoms with Crippen LogP contribution < -0.4 is 10.1 Å². The Hall–Kier alpha value is -3.78. The molecule has 26 heavy (non-hydrogen) atoms. The highest BCUT2D eigenvalue weighted by molar-refractivity contribution is 6.07. The fourth-order valence-corrected chi connectivity index (χ4v) is 2.83. The number of nitrogens with one attached hydrogen (secondary N) is 1. The molecule has 1 aromatic heterocycles. The number of amides is 1.